The van der Waals surface area contributed by atoms with Gasteiger partial charge in [-0.25, -0.2) is 4.79 Å². The summed E-state index contributed by atoms with van der Waals surface area (Å²) >= 11 is 6.08. The lowest BCUT2D eigenvalue weighted by atomic mass is 9.76. The maximum Gasteiger partial charge on any atom is 0.338 e. The lowest BCUT2D eigenvalue weighted by Crippen LogP contribution is -2.29. The molecule has 4 heteroatoms. The summed E-state index contributed by atoms with van der Waals surface area (Å²) in [5.74, 6) is 0.570. The van der Waals surface area contributed by atoms with E-state index in [1.807, 2.05) is 30.3 Å². The Balaban J connectivity index is 1.41. The van der Waals surface area contributed by atoms with Gasteiger partial charge >= 0.3 is 5.97 Å². The van der Waals surface area contributed by atoms with E-state index >= 15 is 0 Å². The van der Waals surface area contributed by atoms with Crippen LogP contribution in [0.5, 0.6) is 0 Å². The molecule has 0 bridgehead atoms. The summed E-state index contributed by atoms with van der Waals surface area (Å²) in [6.07, 6.45) is 11.2. The van der Waals surface area contributed by atoms with Crippen molar-refractivity contribution in [1.29, 1.82) is 0 Å². The zero-order valence-electron chi connectivity index (χ0n) is 16.4. The van der Waals surface area contributed by atoms with Crippen LogP contribution in [0.2, 0.25) is 5.02 Å². The molecule has 5 rings (SSSR count). The molecule has 3 nitrogen and oxygen atoms in total. The first-order valence-corrected chi connectivity index (χ1v) is 11.1. The van der Waals surface area contributed by atoms with Gasteiger partial charge in [0.05, 0.1) is 11.6 Å². The van der Waals surface area contributed by atoms with Crippen LogP contribution in [0.3, 0.4) is 0 Å². The first kappa shape index (κ1) is 18.7. The molecule has 1 fully saturated rings. The average Bonchev–Trinajstić information content (AvgIpc) is 3.24. The largest absolute Gasteiger partial charge is 0.459 e. The SMILES string of the molecule is O=C(OC1CCCCC1)c1ccc2c(c1)[C@@H]1C=CC[C@H]1[C@@H](c1ccc(Cl)cc1)N2. The number of halogens is 1. The van der Waals surface area contributed by atoms with Crippen molar-refractivity contribution in [2.24, 2.45) is 5.92 Å². The normalized spacial score (nSPS) is 25.8. The summed E-state index contributed by atoms with van der Waals surface area (Å²) in [5, 5.41) is 4.47. The lowest BCUT2D eigenvalue weighted by Gasteiger charge is -2.37. The molecule has 0 unspecified atom stereocenters. The third-order valence-corrected chi connectivity index (χ3v) is 6.91. The number of fused-ring (bicyclic) bond motifs is 3. The van der Waals surface area contributed by atoms with Crippen molar-refractivity contribution in [2.75, 3.05) is 5.32 Å². The minimum atomic E-state index is -0.182. The topological polar surface area (TPSA) is 38.3 Å². The molecule has 29 heavy (non-hydrogen) atoms. The van der Waals surface area contributed by atoms with Gasteiger partial charge in [-0.05, 0) is 79.5 Å². The van der Waals surface area contributed by atoms with Gasteiger partial charge < -0.3 is 10.1 Å². The van der Waals surface area contributed by atoms with Gasteiger partial charge in [-0.2, -0.15) is 0 Å². The fourth-order valence-corrected chi connectivity index (χ4v) is 5.25. The number of allylic oxidation sites excluding steroid dienone is 2. The molecule has 1 saturated carbocycles. The predicted molar refractivity (Wildman–Crippen MR) is 117 cm³/mol. The van der Waals surface area contributed by atoms with E-state index in [1.54, 1.807) is 0 Å². The summed E-state index contributed by atoms with van der Waals surface area (Å²) in [5.41, 5.74) is 4.22. The van der Waals surface area contributed by atoms with Crippen molar-refractivity contribution in [3.05, 3.63) is 76.3 Å². The predicted octanol–water partition coefficient (Wildman–Crippen LogP) is 6.66. The fraction of sp³-hybridized carbons (Fsp3) is 0.400. The Bertz CT molecular complexity index is 930. The van der Waals surface area contributed by atoms with Crippen molar-refractivity contribution < 1.29 is 9.53 Å². The first-order chi connectivity index (χ1) is 14.2. The molecule has 1 aliphatic heterocycles. The molecule has 2 aliphatic carbocycles. The minimum absolute atomic E-state index is 0.0822. The number of carbonyl (C=O) groups is 1. The van der Waals surface area contributed by atoms with Crippen LogP contribution >= 0.6 is 11.6 Å². The van der Waals surface area contributed by atoms with Gasteiger partial charge in [-0.3, -0.25) is 0 Å². The van der Waals surface area contributed by atoms with E-state index in [-0.39, 0.29) is 18.1 Å². The smallest absolute Gasteiger partial charge is 0.338 e. The second-order valence-corrected chi connectivity index (χ2v) is 8.93. The number of anilines is 1. The molecule has 0 radical (unpaired) electrons. The summed E-state index contributed by atoms with van der Waals surface area (Å²) in [7, 11) is 0. The van der Waals surface area contributed by atoms with Crippen molar-refractivity contribution >= 4 is 23.3 Å². The number of ether oxygens (including phenoxy) is 1. The molecule has 3 aliphatic rings. The highest BCUT2D eigenvalue weighted by Crippen LogP contribution is 2.50. The zero-order chi connectivity index (χ0) is 19.8. The monoisotopic (exact) mass is 407 g/mol. The second kappa shape index (κ2) is 7.87. The molecular weight excluding hydrogens is 382 g/mol. The van der Waals surface area contributed by atoms with E-state index in [0.717, 1.165) is 42.8 Å². The number of rotatable bonds is 3. The van der Waals surface area contributed by atoms with Crippen molar-refractivity contribution in [1.82, 2.24) is 0 Å². The summed E-state index contributed by atoms with van der Waals surface area (Å²) in [6.45, 7) is 0. The number of esters is 1. The van der Waals surface area contributed by atoms with Crippen LogP contribution in [0, 0.1) is 5.92 Å². The maximum atomic E-state index is 12.7. The maximum absolute atomic E-state index is 12.7. The Labute approximate surface area is 177 Å². The highest BCUT2D eigenvalue weighted by molar-refractivity contribution is 6.30. The van der Waals surface area contributed by atoms with Crippen LogP contribution in [-0.4, -0.2) is 12.1 Å². The summed E-state index contributed by atoms with van der Waals surface area (Å²) in [6, 6.07) is 14.3. The van der Waals surface area contributed by atoms with Gasteiger partial charge in [0.1, 0.15) is 6.10 Å². The number of hydrogen-bond acceptors (Lipinski definition) is 3. The van der Waals surface area contributed by atoms with E-state index in [4.69, 9.17) is 16.3 Å². The molecule has 150 valence electrons. The standard InChI is InChI=1S/C25H26ClNO2/c26-18-12-9-16(10-13-18)24-21-8-4-7-20(21)22-15-17(11-14-23(22)27-24)25(28)29-19-5-2-1-3-6-19/h4,7,9-15,19-21,24,27H,1-3,5-6,8H2/t20-,21-,24-/m1/s1. The summed E-state index contributed by atoms with van der Waals surface area (Å²) in [4.78, 5) is 12.7. The van der Waals surface area contributed by atoms with Gasteiger partial charge in [0.15, 0.2) is 0 Å². The third kappa shape index (κ3) is 3.69. The number of carbonyl (C=O) groups excluding carboxylic acids is 1. The molecule has 0 saturated heterocycles. The molecule has 0 spiro atoms. The van der Waals surface area contributed by atoms with Crippen LogP contribution < -0.4 is 5.32 Å². The van der Waals surface area contributed by atoms with E-state index in [2.05, 4.69) is 29.6 Å². The van der Waals surface area contributed by atoms with E-state index in [1.165, 1.54) is 17.5 Å². The van der Waals surface area contributed by atoms with Crippen molar-refractivity contribution in [3.63, 3.8) is 0 Å². The van der Waals surface area contributed by atoms with Crippen molar-refractivity contribution in [2.45, 2.75) is 56.6 Å². The minimum Gasteiger partial charge on any atom is -0.459 e. The lowest BCUT2D eigenvalue weighted by molar-refractivity contribution is 0.0211. The molecule has 1 heterocycles. The zero-order valence-corrected chi connectivity index (χ0v) is 17.2. The third-order valence-electron chi connectivity index (χ3n) is 6.65. The Hall–Kier alpha value is -2.26. The first-order valence-electron chi connectivity index (χ1n) is 10.7. The van der Waals surface area contributed by atoms with Gasteiger partial charge in [-0.15, -0.1) is 0 Å². The Kier molecular flexibility index (Phi) is 5.09. The second-order valence-electron chi connectivity index (χ2n) is 8.49. The Morgan fingerprint density at radius 2 is 1.83 bits per heavy atom. The van der Waals surface area contributed by atoms with Crippen LogP contribution in [-0.2, 0) is 4.74 Å². The van der Waals surface area contributed by atoms with E-state index in [0.29, 0.717) is 17.4 Å². The van der Waals surface area contributed by atoms with Crippen LogP contribution in [0.15, 0.2) is 54.6 Å². The quantitative estimate of drug-likeness (QED) is 0.456. The highest BCUT2D eigenvalue weighted by atomic mass is 35.5. The molecule has 0 amide bonds. The van der Waals surface area contributed by atoms with Crippen molar-refractivity contribution in [3.8, 4) is 0 Å². The number of benzene rings is 2. The summed E-state index contributed by atoms with van der Waals surface area (Å²) < 4.78 is 5.79. The number of nitrogens with one attached hydrogen (secondary N) is 1. The fourth-order valence-electron chi connectivity index (χ4n) is 5.12. The van der Waals surface area contributed by atoms with Gasteiger partial charge in [-0.1, -0.05) is 42.3 Å². The Morgan fingerprint density at radius 1 is 1.03 bits per heavy atom. The Morgan fingerprint density at radius 3 is 2.62 bits per heavy atom. The van der Waals surface area contributed by atoms with Crippen LogP contribution in [0.1, 0.15) is 72.0 Å². The molecular formula is C25H26ClNO2. The highest BCUT2D eigenvalue weighted by Gasteiger charge is 2.38. The van der Waals surface area contributed by atoms with Crippen LogP contribution in [0.25, 0.3) is 0 Å². The van der Waals surface area contributed by atoms with E-state index < -0.39 is 0 Å². The number of hydrogen-bond donors (Lipinski definition) is 1. The molecule has 2 aromatic rings. The molecule has 3 atom stereocenters. The molecule has 0 aromatic heterocycles. The van der Waals surface area contributed by atoms with Gasteiger partial charge in [0, 0.05) is 16.6 Å². The average molecular weight is 408 g/mol. The van der Waals surface area contributed by atoms with Crippen LogP contribution in [0.4, 0.5) is 5.69 Å². The molecule has 2 aromatic carbocycles. The molecule has 1 N–H and O–H groups in total. The van der Waals surface area contributed by atoms with Gasteiger partial charge in [0.25, 0.3) is 0 Å². The van der Waals surface area contributed by atoms with E-state index in [9.17, 15) is 4.79 Å². The van der Waals surface area contributed by atoms with Gasteiger partial charge in [0.2, 0.25) is 0 Å².